The first-order valence-corrected chi connectivity index (χ1v) is 10.9. The molecule has 0 spiro atoms. The highest BCUT2D eigenvalue weighted by atomic mass is 32.1. The number of imidazole rings is 1. The molecule has 0 radical (unpaired) electrons. The summed E-state index contributed by atoms with van der Waals surface area (Å²) < 4.78 is 42.9. The van der Waals surface area contributed by atoms with Crippen molar-refractivity contribution in [1.29, 1.82) is 0 Å². The maximum Gasteiger partial charge on any atom is 0.449 e. The second-order valence-corrected chi connectivity index (χ2v) is 8.69. The van der Waals surface area contributed by atoms with Crippen molar-refractivity contribution in [3.63, 3.8) is 0 Å². The van der Waals surface area contributed by atoms with Gasteiger partial charge in [-0.15, -0.1) is 11.3 Å². The predicted octanol–water partition coefficient (Wildman–Crippen LogP) is 5.22. The molecule has 160 valence electrons. The van der Waals surface area contributed by atoms with E-state index in [1.807, 2.05) is 12.1 Å². The van der Waals surface area contributed by atoms with Crippen molar-refractivity contribution in [3.05, 3.63) is 59.4 Å². The number of aromatic nitrogens is 3. The number of nitrogens with zero attached hydrogens (tertiary/aromatic N) is 4. The van der Waals surface area contributed by atoms with Gasteiger partial charge in [-0.1, -0.05) is 12.1 Å². The molecule has 4 aromatic rings. The van der Waals surface area contributed by atoms with E-state index < -0.39 is 12.0 Å². The lowest BCUT2D eigenvalue weighted by Crippen LogP contribution is -2.39. The van der Waals surface area contributed by atoms with Crippen molar-refractivity contribution in [2.75, 3.05) is 13.1 Å². The van der Waals surface area contributed by atoms with Crippen LogP contribution in [0.3, 0.4) is 0 Å². The number of likely N-dealkylation sites (tertiary alicyclic amines) is 1. The molecule has 1 aliphatic rings. The van der Waals surface area contributed by atoms with E-state index in [4.69, 9.17) is 0 Å². The van der Waals surface area contributed by atoms with Crippen LogP contribution in [0, 0.1) is 5.92 Å². The van der Waals surface area contributed by atoms with E-state index in [1.165, 1.54) is 15.9 Å². The molecule has 0 bridgehead atoms. The van der Waals surface area contributed by atoms with Crippen LogP contribution in [0.1, 0.15) is 29.0 Å². The molecule has 31 heavy (non-hydrogen) atoms. The number of hydrogen-bond acceptors (Lipinski definition) is 4. The third-order valence-electron chi connectivity index (χ3n) is 5.83. The molecule has 2 aromatic carbocycles. The topological polar surface area (TPSA) is 51.0 Å². The van der Waals surface area contributed by atoms with Gasteiger partial charge in [0, 0.05) is 25.2 Å². The fourth-order valence-corrected chi connectivity index (χ4v) is 4.94. The number of thiazole rings is 1. The first-order valence-electron chi connectivity index (χ1n) is 10.0. The van der Waals surface area contributed by atoms with Crippen LogP contribution in [0.5, 0.6) is 0 Å². The molecule has 0 N–H and O–H groups in total. The molecule has 1 amide bonds. The maximum atomic E-state index is 13.5. The smallest absolute Gasteiger partial charge is 0.339 e. The molecule has 2 aromatic heterocycles. The van der Waals surface area contributed by atoms with Crippen molar-refractivity contribution in [2.45, 2.75) is 25.6 Å². The normalized spacial score (nSPS) is 15.8. The van der Waals surface area contributed by atoms with Crippen LogP contribution in [0.25, 0.3) is 21.3 Å². The summed E-state index contributed by atoms with van der Waals surface area (Å²) in [6.45, 7) is 1.29. The Morgan fingerprint density at radius 2 is 1.87 bits per heavy atom. The Morgan fingerprint density at radius 1 is 1.10 bits per heavy atom. The van der Waals surface area contributed by atoms with Gasteiger partial charge >= 0.3 is 6.18 Å². The number of para-hydroxylation sites is 2. The zero-order valence-corrected chi connectivity index (χ0v) is 17.3. The van der Waals surface area contributed by atoms with Gasteiger partial charge in [0.25, 0.3) is 5.91 Å². The van der Waals surface area contributed by atoms with Crippen molar-refractivity contribution >= 4 is 38.5 Å². The van der Waals surface area contributed by atoms with Gasteiger partial charge in [0.2, 0.25) is 5.82 Å². The van der Waals surface area contributed by atoms with Crippen molar-refractivity contribution < 1.29 is 18.0 Å². The average Bonchev–Trinajstić information content (AvgIpc) is 3.38. The Bertz CT molecular complexity index is 1250. The number of carbonyl (C=O) groups excluding carboxylic acids is 1. The number of rotatable bonds is 3. The van der Waals surface area contributed by atoms with E-state index >= 15 is 0 Å². The SMILES string of the molecule is O=C(c1ccc2ncsc2c1)N1CCC(Cn2c(C(F)(F)F)nc3ccccc32)CC1. The van der Waals surface area contributed by atoms with Gasteiger partial charge < -0.3 is 9.47 Å². The lowest BCUT2D eigenvalue weighted by atomic mass is 9.96. The van der Waals surface area contributed by atoms with Gasteiger partial charge in [-0.2, -0.15) is 13.2 Å². The zero-order chi connectivity index (χ0) is 21.6. The number of piperidine rings is 1. The number of halogens is 3. The second kappa shape index (κ2) is 7.64. The molecule has 9 heteroatoms. The Hall–Kier alpha value is -2.94. The molecule has 0 saturated carbocycles. The minimum atomic E-state index is -4.51. The number of amides is 1. The number of hydrogen-bond donors (Lipinski definition) is 0. The molecule has 0 aliphatic carbocycles. The quantitative estimate of drug-likeness (QED) is 0.436. The summed E-state index contributed by atoms with van der Waals surface area (Å²) in [6, 6.07) is 12.2. The van der Waals surface area contributed by atoms with E-state index in [1.54, 1.807) is 40.7 Å². The summed E-state index contributed by atoms with van der Waals surface area (Å²) in [5.74, 6) is -0.852. The van der Waals surface area contributed by atoms with E-state index in [9.17, 15) is 18.0 Å². The number of fused-ring (bicyclic) bond motifs is 2. The highest BCUT2D eigenvalue weighted by Crippen LogP contribution is 2.33. The number of benzene rings is 2. The minimum Gasteiger partial charge on any atom is -0.339 e. The van der Waals surface area contributed by atoms with E-state index in [-0.39, 0.29) is 18.4 Å². The molecule has 1 saturated heterocycles. The van der Waals surface area contributed by atoms with Crippen molar-refractivity contribution in [3.8, 4) is 0 Å². The van der Waals surface area contributed by atoms with Crippen LogP contribution in [0.15, 0.2) is 48.0 Å². The summed E-state index contributed by atoms with van der Waals surface area (Å²) >= 11 is 1.49. The summed E-state index contributed by atoms with van der Waals surface area (Å²) in [4.78, 5) is 22.7. The Kier molecular flexibility index (Phi) is 4.92. The Morgan fingerprint density at radius 3 is 2.65 bits per heavy atom. The third-order valence-corrected chi connectivity index (χ3v) is 6.62. The van der Waals surface area contributed by atoms with Crippen molar-refractivity contribution in [2.24, 2.45) is 5.92 Å². The minimum absolute atomic E-state index is 0.0437. The number of carbonyl (C=O) groups is 1. The molecule has 5 nitrogen and oxygen atoms in total. The van der Waals surface area contributed by atoms with E-state index in [2.05, 4.69) is 9.97 Å². The van der Waals surface area contributed by atoms with Crippen LogP contribution >= 0.6 is 11.3 Å². The fourth-order valence-electron chi connectivity index (χ4n) is 4.22. The summed E-state index contributed by atoms with van der Waals surface area (Å²) in [5.41, 5.74) is 4.08. The van der Waals surface area contributed by atoms with Gasteiger partial charge in [0.05, 0.1) is 26.8 Å². The first-order chi connectivity index (χ1) is 14.9. The lowest BCUT2D eigenvalue weighted by molar-refractivity contribution is -0.147. The summed E-state index contributed by atoms with van der Waals surface area (Å²) in [6.07, 6.45) is -3.21. The average molecular weight is 444 g/mol. The van der Waals surface area contributed by atoms with Gasteiger partial charge in [0.15, 0.2) is 0 Å². The number of alkyl halides is 3. The van der Waals surface area contributed by atoms with Gasteiger partial charge in [-0.05, 0) is 49.1 Å². The second-order valence-electron chi connectivity index (χ2n) is 7.80. The summed E-state index contributed by atoms with van der Waals surface area (Å²) in [7, 11) is 0. The van der Waals surface area contributed by atoms with Crippen LogP contribution in [0.4, 0.5) is 13.2 Å². The van der Waals surface area contributed by atoms with Gasteiger partial charge in [0.1, 0.15) is 0 Å². The largest absolute Gasteiger partial charge is 0.449 e. The van der Waals surface area contributed by atoms with Gasteiger partial charge in [-0.25, -0.2) is 9.97 Å². The maximum absolute atomic E-state index is 13.5. The monoisotopic (exact) mass is 444 g/mol. The Labute approximate surface area is 180 Å². The highest BCUT2D eigenvalue weighted by Gasteiger charge is 2.38. The zero-order valence-electron chi connectivity index (χ0n) is 16.5. The van der Waals surface area contributed by atoms with Crippen LogP contribution in [0.2, 0.25) is 0 Å². The third kappa shape index (κ3) is 3.78. The van der Waals surface area contributed by atoms with E-state index in [0.29, 0.717) is 42.5 Å². The predicted molar refractivity (Wildman–Crippen MR) is 113 cm³/mol. The standard InChI is InChI=1S/C22H19F3N4OS/c23-22(24,25)21-27-16-3-1-2-4-18(16)29(21)12-14-7-9-28(10-8-14)20(30)15-5-6-17-19(11-15)31-13-26-17/h1-6,11,13-14H,7-10,12H2. The van der Waals surface area contributed by atoms with Crippen LogP contribution in [-0.2, 0) is 12.7 Å². The van der Waals surface area contributed by atoms with E-state index in [0.717, 1.165) is 10.2 Å². The Balaban J connectivity index is 1.31. The molecule has 0 unspecified atom stereocenters. The molecule has 3 heterocycles. The fraction of sp³-hybridized carbons (Fsp3) is 0.318. The molecule has 1 fully saturated rings. The highest BCUT2D eigenvalue weighted by molar-refractivity contribution is 7.16. The van der Waals surface area contributed by atoms with Crippen LogP contribution < -0.4 is 0 Å². The lowest BCUT2D eigenvalue weighted by Gasteiger charge is -2.32. The molecular formula is C22H19F3N4OS. The van der Waals surface area contributed by atoms with Crippen molar-refractivity contribution in [1.82, 2.24) is 19.4 Å². The molecule has 1 aliphatic heterocycles. The van der Waals surface area contributed by atoms with Gasteiger partial charge in [-0.3, -0.25) is 4.79 Å². The summed E-state index contributed by atoms with van der Waals surface area (Å²) in [5, 5.41) is 0. The first kappa shape index (κ1) is 20.0. The van der Waals surface area contributed by atoms with Crippen LogP contribution in [-0.4, -0.2) is 38.4 Å². The molecule has 5 rings (SSSR count). The molecular weight excluding hydrogens is 425 g/mol. The molecule has 0 atom stereocenters.